The first-order valence-electron chi connectivity index (χ1n) is 6.57. The van der Waals surface area contributed by atoms with Crippen molar-refractivity contribution in [1.82, 2.24) is 0 Å². The molecule has 0 fully saturated rings. The third-order valence-corrected chi connectivity index (χ3v) is 3.67. The maximum atomic E-state index is 11.5. The molecule has 0 N–H and O–H groups in total. The molecule has 0 aliphatic carbocycles. The third-order valence-electron chi connectivity index (χ3n) is 2.78. The molecule has 2 rings (SSSR count). The molecule has 2 aromatic carbocycles. The number of halogens is 3. The summed E-state index contributed by atoms with van der Waals surface area (Å²) in [5.74, 6) is 0.441. The fourth-order valence-corrected chi connectivity index (χ4v) is 2.52. The molecule has 0 aromatic heterocycles. The van der Waals surface area contributed by atoms with Crippen molar-refractivity contribution >= 4 is 40.8 Å². The van der Waals surface area contributed by atoms with Crippen molar-refractivity contribution in [3.63, 3.8) is 0 Å². The van der Waals surface area contributed by atoms with E-state index in [9.17, 15) is 4.79 Å². The van der Waals surface area contributed by atoms with Crippen molar-refractivity contribution in [3.8, 4) is 11.5 Å². The molecule has 0 spiro atoms. The van der Waals surface area contributed by atoms with Gasteiger partial charge in [-0.3, -0.25) is 4.79 Å². The lowest BCUT2D eigenvalue weighted by Crippen LogP contribution is -2.07. The molecular formula is C16H13Cl3O3. The number of hydrogen-bond donors (Lipinski definition) is 0. The maximum absolute atomic E-state index is 11.5. The zero-order valence-corrected chi connectivity index (χ0v) is 14.0. The third kappa shape index (κ3) is 4.29. The van der Waals surface area contributed by atoms with Gasteiger partial charge in [0.05, 0.1) is 28.1 Å². The highest BCUT2D eigenvalue weighted by Gasteiger charge is 2.12. The number of benzene rings is 2. The van der Waals surface area contributed by atoms with E-state index in [1.54, 1.807) is 43.3 Å². The molecule has 0 bridgehead atoms. The minimum Gasteiger partial charge on any atom is -0.466 e. The fraction of sp³-hybridized carbons (Fsp3) is 0.188. The van der Waals surface area contributed by atoms with E-state index in [4.69, 9.17) is 44.3 Å². The molecule has 0 radical (unpaired) electrons. The second kappa shape index (κ2) is 7.73. The van der Waals surface area contributed by atoms with Crippen molar-refractivity contribution in [3.05, 3.63) is 57.0 Å². The fourth-order valence-electron chi connectivity index (χ4n) is 1.81. The first-order valence-corrected chi connectivity index (χ1v) is 7.70. The summed E-state index contributed by atoms with van der Waals surface area (Å²) in [4.78, 5) is 11.5. The number of esters is 1. The van der Waals surface area contributed by atoms with Crippen molar-refractivity contribution in [2.75, 3.05) is 6.61 Å². The zero-order valence-electron chi connectivity index (χ0n) is 11.7. The second-order valence-electron chi connectivity index (χ2n) is 4.40. The molecule has 6 heteroatoms. The molecule has 2 aromatic rings. The number of para-hydroxylation sites is 1. The Morgan fingerprint density at radius 2 is 1.73 bits per heavy atom. The van der Waals surface area contributed by atoms with Crippen LogP contribution in [0.4, 0.5) is 0 Å². The molecular weight excluding hydrogens is 347 g/mol. The Bertz CT molecular complexity index is 666. The van der Waals surface area contributed by atoms with Gasteiger partial charge in [0, 0.05) is 0 Å². The molecule has 22 heavy (non-hydrogen) atoms. The van der Waals surface area contributed by atoms with E-state index in [0.717, 1.165) is 5.56 Å². The minimum absolute atomic E-state index is 0.153. The van der Waals surface area contributed by atoms with Gasteiger partial charge in [-0.15, -0.1) is 0 Å². The smallest absolute Gasteiger partial charge is 0.310 e. The van der Waals surface area contributed by atoms with E-state index in [-0.39, 0.29) is 12.4 Å². The standard InChI is InChI=1S/C16H13Cl3O3/c1-2-21-15(20)9-10-6-7-14(13(19)8-10)22-16-11(17)4-3-5-12(16)18/h3-8H,2,9H2,1H3. The predicted molar refractivity (Wildman–Crippen MR) is 88.3 cm³/mol. The number of hydrogen-bond acceptors (Lipinski definition) is 3. The molecule has 0 amide bonds. The van der Waals surface area contributed by atoms with Crippen LogP contribution in [-0.4, -0.2) is 12.6 Å². The Morgan fingerprint density at radius 3 is 2.32 bits per heavy atom. The molecule has 0 saturated heterocycles. The van der Waals surface area contributed by atoms with E-state index < -0.39 is 0 Å². The summed E-state index contributed by atoms with van der Waals surface area (Å²) < 4.78 is 10.6. The van der Waals surface area contributed by atoms with Crippen LogP contribution in [0.5, 0.6) is 11.5 Å². The van der Waals surface area contributed by atoms with Gasteiger partial charge in [-0.05, 0) is 36.8 Å². The monoisotopic (exact) mass is 358 g/mol. The van der Waals surface area contributed by atoms with Gasteiger partial charge in [-0.1, -0.05) is 46.9 Å². The Hall–Kier alpha value is -1.42. The largest absolute Gasteiger partial charge is 0.466 e. The summed E-state index contributed by atoms with van der Waals surface area (Å²) in [6.07, 6.45) is 0.153. The van der Waals surface area contributed by atoms with Gasteiger partial charge in [0.15, 0.2) is 5.75 Å². The van der Waals surface area contributed by atoms with Crippen LogP contribution in [0.2, 0.25) is 15.1 Å². The average Bonchev–Trinajstić information content (AvgIpc) is 2.45. The zero-order chi connectivity index (χ0) is 16.1. The lowest BCUT2D eigenvalue weighted by Gasteiger charge is -2.11. The van der Waals surface area contributed by atoms with Gasteiger partial charge in [0.2, 0.25) is 0 Å². The van der Waals surface area contributed by atoms with Gasteiger partial charge in [-0.2, -0.15) is 0 Å². The molecule has 3 nitrogen and oxygen atoms in total. The van der Waals surface area contributed by atoms with Gasteiger partial charge >= 0.3 is 5.97 Å². The average molecular weight is 360 g/mol. The summed E-state index contributed by atoms with van der Waals surface area (Å²) in [7, 11) is 0. The summed E-state index contributed by atoms with van der Waals surface area (Å²) in [6, 6.07) is 10.1. The van der Waals surface area contributed by atoms with Crippen LogP contribution in [0.3, 0.4) is 0 Å². The molecule has 0 atom stereocenters. The minimum atomic E-state index is -0.304. The van der Waals surface area contributed by atoms with Crippen molar-refractivity contribution in [2.24, 2.45) is 0 Å². The Kier molecular flexibility index (Phi) is 5.95. The molecule has 0 unspecified atom stereocenters. The van der Waals surface area contributed by atoms with Crippen LogP contribution in [0.15, 0.2) is 36.4 Å². The van der Waals surface area contributed by atoms with Crippen molar-refractivity contribution in [1.29, 1.82) is 0 Å². The van der Waals surface area contributed by atoms with Crippen LogP contribution in [0.1, 0.15) is 12.5 Å². The topological polar surface area (TPSA) is 35.5 Å². The first-order chi connectivity index (χ1) is 10.5. The van der Waals surface area contributed by atoms with Crippen molar-refractivity contribution in [2.45, 2.75) is 13.3 Å². The van der Waals surface area contributed by atoms with Crippen molar-refractivity contribution < 1.29 is 14.3 Å². The summed E-state index contributed by atoms with van der Waals surface area (Å²) >= 11 is 18.3. The molecule has 0 aliphatic heterocycles. The van der Waals surface area contributed by atoms with Crippen LogP contribution in [0.25, 0.3) is 0 Å². The predicted octanol–water partition coefficient (Wildman–Crippen LogP) is 5.54. The molecule has 116 valence electrons. The number of rotatable bonds is 5. The van der Waals surface area contributed by atoms with E-state index >= 15 is 0 Å². The van der Waals surface area contributed by atoms with Crippen LogP contribution < -0.4 is 4.74 Å². The van der Waals surface area contributed by atoms with E-state index in [2.05, 4.69) is 0 Å². The summed E-state index contributed by atoms with van der Waals surface area (Å²) in [5.41, 5.74) is 0.737. The number of carbonyl (C=O) groups is 1. The van der Waals surface area contributed by atoms with Crippen LogP contribution in [0, 0.1) is 0 Å². The highest BCUT2D eigenvalue weighted by molar-refractivity contribution is 6.37. The van der Waals surface area contributed by atoms with Gasteiger partial charge < -0.3 is 9.47 Å². The summed E-state index contributed by atoms with van der Waals surface area (Å²) in [6.45, 7) is 2.11. The first kappa shape index (κ1) is 16.9. The highest BCUT2D eigenvalue weighted by Crippen LogP contribution is 2.38. The normalized spacial score (nSPS) is 10.4. The Morgan fingerprint density at radius 1 is 1.05 bits per heavy atom. The quantitative estimate of drug-likeness (QED) is 0.657. The van der Waals surface area contributed by atoms with E-state index in [0.29, 0.717) is 33.2 Å². The number of carbonyl (C=O) groups excluding carboxylic acids is 1. The number of ether oxygens (including phenoxy) is 2. The van der Waals surface area contributed by atoms with Gasteiger partial charge in [-0.25, -0.2) is 0 Å². The second-order valence-corrected chi connectivity index (χ2v) is 5.62. The van der Waals surface area contributed by atoms with Gasteiger partial charge in [0.25, 0.3) is 0 Å². The van der Waals surface area contributed by atoms with Crippen LogP contribution >= 0.6 is 34.8 Å². The molecule has 0 saturated carbocycles. The molecule has 0 aliphatic rings. The van der Waals surface area contributed by atoms with Crippen LogP contribution in [-0.2, 0) is 16.0 Å². The lowest BCUT2D eigenvalue weighted by atomic mass is 10.1. The Labute approximate surface area is 143 Å². The summed E-state index contributed by atoms with van der Waals surface area (Å²) in [5, 5.41) is 1.14. The molecule has 0 heterocycles. The SMILES string of the molecule is CCOC(=O)Cc1ccc(Oc2c(Cl)cccc2Cl)c(Cl)c1. The van der Waals surface area contributed by atoms with E-state index in [1.807, 2.05) is 0 Å². The maximum Gasteiger partial charge on any atom is 0.310 e. The van der Waals surface area contributed by atoms with E-state index in [1.165, 1.54) is 0 Å². The Balaban J connectivity index is 2.18. The lowest BCUT2D eigenvalue weighted by molar-refractivity contribution is -0.142. The highest BCUT2D eigenvalue weighted by atomic mass is 35.5. The van der Waals surface area contributed by atoms with Gasteiger partial charge in [0.1, 0.15) is 5.75 Å².